The first-order valence-corrected chi connectivity index (χ1v) is 4.28. The van der Waals surface area contributed by atoms with E-state index in [4.69, 9.17) is 0 Å². The zero-order chi connectivity index (χ0) is 10.1. The number of carbonyl (C=O) groups is 1. The van der Waals surface area contributed by atoms with Gasteiger partial charge < -0.3 is 4.98 Å². The number of hydrogen-bond acceptors (Lipinski definition) is 4. The minimum absolute atomic E-state index is 0.0436. The summed E-state index contributed by atoms with van der Waals surface area (Å²) >= 11 is -0.204. The van der Waals surface area contributed by atoms with Gasteiger partial charge in [-0.1, -0.05) is 0 Å². The number of aromatic amines is 1. The van der Waals surface area contributed by atoms with Gasteiger partial charge in [0, 0.05) is 0 Å². The molecule has 2 rings (SSSR count). The quantitative estimate of drug-likeness (QED) is 0.753. The predicted molar refractivity (Wildman–Crippen MR) is 49.8 cm³/mol. The second-order valence-electron chi connectivity index (χ2n) is 2.52. The Morgan fingerprint density at radius 2 is 2.43 bits per heavy atom. The van der Waals surface area contributed by atoms with Crippen LogP contribution in [0.1, 0.15) is 10.5 Å². The smallest absolute Gasteiger partial charge is 0.276 e. The highest BCUT2D eigenvalue weighted by Crippen LogP contribution is 2.19. The number of rotatable bonds is 2. The first kappa shape index (κ1) is 8.95. The van der Waals surface area contributed by atoms with Gasteiger partial charge in [0.25, 0.3) is 5.56 Å². The van der Waals surface area contributed by atoms with Crippen LogP contribution in [0.5, 0.6) is 0 Å². The maximum atomic E-state index is 12.5. The maximum Gasteiger partial charge on any atom is 0.276 e. The van der Waals surface area contributed by atoms with Crippen LogP contribution in [0.3, 0.4) is 0 Å². The molecule has 5 nitrogen and oxygen atoms in total. The van der Waals surface area contributed by atoms with Crippen LogP contribution < -0.4 is 5.56 Å². The predicted octanol–water partition coefficient (Wildman–Crippen LogP) is 0.918. The molecule has 2 heterocycles. The summed E-state index contributed by atoms with van der Waals surface area (Å²) in [7, 11) is 0. The first-order valence-electron chi connectivity index (χ1n) is 3.61. The highest BCUT2D eigenvalue weighted by molar-refractivity contribution is 7.93. The van der Waals surface area contributed by atoms with Crippen molar-refractivity contribution >= 4 is 29.7 Å². The van der Waals surface area contributed by atoms with Crippen molar-refractivity contribution < 1.29 is 8.68 Å². The summed E-state index contributed by atoms with van der Waals surface area (Å²) in [5.41, 5.74) is -0.0759. The second-order valence-corrected chi connectivity index (χ2v) is 3.02. The normalized spacial score (nSPS) is 10.6. The average molecular weight is 213 g/mol. The Morgan fingerprint density at radius 3 is 3.07 bits per heavy atom. The Morgan fingerprint density at radius 1 is 1.64 bits per heavy atom. The van der Waals surface area contributed by atoms with Gasteiger partial charge in [-0.3, -0.25) is 9.59 Å². The Labute approximate surface area is 81.4 Å². The third-order valence-corrected chi connectivity index (χ3v) is 2.30. The summed E-state index contributed by atoms with van der Waals surface area (Å²) in [5.74, 6) is 0. The molecular weight excluding hydrogens is 209 g/mol. The summed E-state index contributed by atoms with van der Waals surface area (Å²) in [6, 6.07) is 1.35. The molecule has 0 bridgehead atoms. The number of nitrogens with one attached hydrogen (secondary N) is 1. The number of H-pyrrole nitrogens is 1. The molecule has 0 aliphatic carbocycles. The van der Waals surface area contributed by atoms with Gasteiger partial charge in [0.1, 0.15) is 5.52 Å². The molecule has 7 heteroatoms. The monoisotopic (exact) mass is 213 g/mol. The molecular formula is C7H4FN3O2S. The molecule has 0 aliphatic rings. The second kappa shape index (κ2) is 3.26. The number of fused-ring (bicyclic) bond motifs is 1. The van der Waals surface area contributed by atoms with Gasteiger partial charge in [0.2, 0.25) is 0 Å². The number of aldehydes is 1. The standard InChI is InChI=1S/C7H4FN3O2S/c8-14-11-4(2-12)1-5-6(11)7(13)10-3-9-5/h1-3H,(H,9,10,13). The zero-order valence-electron chi connectivity index (χ0n) is 6.73. The molecule has 0 spiro atoms. The van der Waals surface area contributed by atoms with Crippen molar-refractivity contribution in [1.82, 2.24) is 13.9 Å². The summed E-state index contributed by atoms with van der Waals surface area (Å²) in [6.07, 6.45) is 1.67. The largest absolute Gasteiger partial charge is 0.311 e. The van der Waals surface area contributed by atoms with Crippen LogP contribution in [0.25, 0.3) is 11.0 Å². The van der Waals surface area contributed by atoms with Gasteiger partial charge in [-0.25, -0.2) is 8.96 Å². The Balaban J connectivity index is 2.95. The van der Waals surface area contributed by atoms with Crippen LogP contribution in [0, 0.1) is 0 Å². The molecule has 0 fully saturated rings. The van der Waals surface area contributed by atoms with Crippen LogP contribution in [0.2, 0.25) is 0 Å². The molecule has 0 saturated heterocycles. The molecule has 0 amide bonds. The van der Waals surface area contributed by atoms with Crippen LogP contribution in [-0.2, 0) is 0 Å². The van der Waals surface area contributed by atoms with Crippen LogP contribution in [-0.4, -0.2) is 20.2 Å². The molecule has 2 aromatic rings. The summed E-state index contributed by atoms with van der Waals surface area (Å²) in [5, 5.41) is 0. The molecule has 0 unspecified atom stereocenters. The van der Waals surface area contributed by atoms with Crippen molar-refractivity contribution in [3.63, 3.8) is 0 Å². The van der Waals surface area contributed by atoms with E-state index in [9.17, 15) is 13.5 Å². The van der Waals surface area contributed by atoms with E-state index in [2.05, 4.69) is 9.97 Å². The van der Waals surface area contributed by atoms with Crippen molar-refractivity contribution in [2.75, 3.05) is 0 Å². The highest BCUT2D eigenvalue weighted by Gasteiger charge is 2.12. The van der Waals surface area contributed by atoms with Gasteiger partial charge in [0.05, 0.1) is 17.5 Å². The fourth-order valence-corrected chi connectivity index (χ4v) is 1.61. The van der Waals surface area contributed by atoms with Crippen molar-refractivity contribution in [1.29, 1.82) is 0 Å². The lowest BCUT2D eigenvalue weighted by atomic mass is 10.4. The highest BCUT2D eigenvalue weighted by atomic mass is 32.2. The van der Waals surface area contributed by atoms with Crippen LogP contribution in [0.15, 0.2) is 17.2 Å². The van der Waals surface area contributed by atoms with Crippen molar-refractivity contribution in [2.45, 2.75) is 0 Å². The van der Waals surface area contributed by atoms with Gasteiger partial charge >= 0.3 is 0 Å². The lowest BCUT2D eigenvalue weighted by Gasteiger charge is -1.95. The molecule has 0 saturated carbocycles. The Hall–Kier alpha value is -1.63. The summed E-state index contributed by atoms with van der Waals surface area (Å²) in [4.78, 5) is 27.9. The lowest BCUT2D eigenvalue weighted by Crippen LogP contribution is -2.08. The van der Waals surface area contributed by atoms with Crippen LogP contribution in [0.4, 0.5) is 3.89 Å². The van der Waals surface area contributed by atoms with E-state index >= 15 is 0 Å². The van der Waals surface area contributed by atoms with E-state index in [1.807, 2.05) is 0 Å². The fourth-order valence-electron chi connectivity index (χ4n) is 1.19. The number of nitrogens with zero attached hydrogens (tertiary/aromatic N) is 2. The van der Waals surface area contributed by atoms with Gasteiger partial charge in [-0.2, -0.15) is 0 Å². The van der Waals surface area contributed by atoms with Gasteiger partial charge in [0.15, 0.2) is 18.6 Å². The van der Waals surface area contributed by atoms with Gasteiger partial charge in [-0.05, 0) is 6.07 Å². The van der Waals surface area contributed by atoms with E-state index in [0.29, 0.717) is 11.8 Å². The molecule has 72 valence electrons. The van der Waals surface area contributed by atoms with Gasteiger partial charge in [-0.15, -0.1) is 3.89 Å². The number of carbonyl (C=O) groups excluding carboxylic acids is 1. The van der Waals surface area contributed by atoms with Crippen LogP contribution >= 0.6 is 12.3 Å². The number of hydrogen-bond donors (Lipinski definition) is 1. The minimum atomic E-state index is -0.478. The summed E-state index contributed by atoms with van der Waals surface area (Å²) < 4.78 is 13.4. The molecule has 14 heavy (non-hydrogen) atoms. The lowest BCUT2D eigenvalue weighted by molar-refractivity contribution is 0.111. The molecule has 1 N–H and O–H groups in total. The maximum absolute atomic E-state index is 12.5. The van der Waals surface area contributed by atoms with E-state index in [1.165, 1.54) is 12.4 Å². The minimum Gasteiger partial charge on any atom is -0.311 e. The fraction of sp³-hybridized carbons (Fsp3) is 0. The SMILES string of the molecule is O=Cc1cc2nc[nH]c(=O)c2n1SF. The molecule has 0 aromatic carbocycles. The number of halogens is 1. The summed E-state index contributed by atoms with van der Waals surface area (Å²) in [6.45, 7) is 0. The molecule has 0 aliphatic heterocycles. The van der Waals surface area contributed by atoms with Crippen molar-refractivity contribution in [3.8, 4) is 0 Å². The third-order valence-electron chi connectivity index (χ3n) is 1.77. The molecule has 0 atom stereocenters. The van der Waals surface area contributed by atoms with E-state index in [1.54, 1.807) is 0 Å². The number of aromatic nitrogens is 3. The first-order chi connectivity index (χ1) is 6.77. The third kappa shape index (κ3) is 1.13. The van der Waals surface area contributed by atoms with E-state index in [-0.39, 0.29) is 23.5 Å². The molecule has 2 aromatic heterocycles. The molecule has 0 radical (unpaired) electrons. The average Bonchev–Trinajstić information content (AvgIpc) is 2.56. The van der Waals surface area contributed by atoms with Crippen molar-refractivity contribution in [3.05, 3.63) is 28.4 Å². The van der Waals surface area contributed by atoms with E-state index in [0.717, 1.165) is 3.97 Å². The zero-order valence-corrected chi connectivity index (χ0v) is 7.55. The van der Waals surface area contributed by atoms with Crippen molar-refractivity contribution in [2.24, 2.45) is 0 Å². The topological polar surface area (TPSA) is 67.8 Å². The Kier molecular flexibility index (Phi) is 2.08. The van der Waals surface area contributed by atoms with E-state index < -0.39 is 5.56 Å². The Bertz CT molecular complexity index is 547.